The van der Waals surface area contributed by atoms with Gasteiger partial charge in [0.15, 0.2) is 17.3 Å². The van der Waals surface area contributed by atoms with E-state index in [-0.39, 0.29) is 35.7 Å². The minimum Gasteiger partial charge on any atom is -0.504 e. The molecule has 1 amide bonds. The van der Waals surface area contributed by atoms with Crippen LogP contribution >= 0.6 is 0 Å². The Morgan fingerprint density at radius 2 is 2.10 bits per heavy atom. The number of piperidine rings is 1. The number of nitrogens with one attached hydrogen (secondary N) is 1. The molecule has 2 rings (SSSR count). The highest BCUT2D eigenvalue weighted by atomic mass is 16.3. The standard InChI is InChI=1S/C15H20N2O4/c1-16-15(21)11-3-2-6-17(8-11)9-14(20)10-4-5-12(18)13(19)7-10/h4-5,7,11,18-19H,2-3,6,8-9H2,1H3,(H,16,21). The van der Waals surface area contributed by atoms with E-state index in [0.717, 1.165) is 19.4 Å². The SMILES string of the molecule is CNC(=O)C1CCCN(CC(=O)c2ccc(O)c(O)c2)C1. The molecule has 0 aromatic heterocycles. The normalized spacial score (nSPS) is 19.2. The minimum atomic E-state index is -0.303. The molecule has 6 nitrogen and oxygen atoms in total. The summed E-state index contributed by atoms with van der Waals surface area (Å²) >= 11 is 0. The average Bonchev–Trinajstić information content (AvgIpc) is 2.49. The van der Waals surface area contributed by atoms with Crippen LogP contribution < -0.4 is 5.32 Å². The Morgan fingerprint density at radius 1 is 1.33 bits per heavy atom. The van der Waals surface area contributed by atoms with Crippen LogP contribution in [0.1, 0.15) is 23.2 Å². The minimum absolute atomic E-state index is 0.00873. The second-order valence-corrected chi connectivity index (χ2v) is 5.32. The molecule has 3 N–H and O–H groups in total. The van der Waals surface area contributed by atoms with Gasteiger partial charge in [-0.15, -0.1) is 0 Å². The third kappa shape index (κ3) is 3.72. The molecule has 6 heteroatoms. The van der Waals surface area contributed by atoms with E-state index in [0.29, 0.717) is 12.1 Å². The maximum atomic E-state index is 12.2. The van der Waals surface area contributed by atoms with Crippen LogP contribution in [0, 0.1) is 5.92 Å². The summed E-state index contributed by atoms with van der Waals surface area (Å²) in [6.07, 6.45) is 1.72. The lowest BCUT2D eigenvalue weighted by atomic mass is 9.96. The van der Waals surface area contributed by atoms with E-state index in [4.69, 9.17) is 0 Å². The van der Waals surface area contributed by atoms with E-state index < -0.39 is 0 Å². The van der Waals surface area contributed by atoms with Crippen molar-refractivity contribution in [3.8, 4) is 11.5 Å². The number of likely N-dealkylation sites (tertiary alicyclic amines) is 1. The number of benzene rings is 1. The van der Waals surface area contributed by atoms with Gasteiger partial charge in [-0.05, 0) is 37.6 Å². The number of ketones is 1. The Labute approximate surface area is 123 Å². The van der Waals surface area contributed by atoms with Crippen LogP contribution in [-0.2, 0) is 4.79 Å². The number of aromatic hydroxyl groups is 2. The quantitative estimate of drug-likeness (QED) is 0.562. The molecule has 1 aliphatic heterocycles. The number of phenols is 2. The Morgan fingerprint density at radius 3 is 2.76 bits per heavy atom. The fourth-order valence-electron chi connectivity index (χ4n) is 2.61. The predicted molar refractivity (Wildman–Crippen MR) is 77.3 cm³/mol. The Bertz CT molecular complexity index is 544. The van der Waals surface area contributed by atoms with Gasteiger partial charge in [0.1, 0.15) is 0 Å². The first-order chi connectivity index (χ1) is 10.0. The highest BCUT2D eigenvalue weighted by Crippen LogP contribution is 2.25. The van der Waals surface area contributed by atoms with Crippen molar-refractivity contribution in [3.63, 3.8) is 0 Å². The fraction of sp³-hybridized carbons (Fsp3) is 0.467. The number of phenolic OH excluding ortho intramolecular Hbond substituents is 2. The van der Waals surface area contributed by atoms with Crippen molar-refractivity contribution in [2.45, 2.75) is 12.8 Å². The molecule has 1 aromatic carbocycles. The predicted octanol–water partition coefficient (Wildman–Crippen LogP) is 0.738. The number of carbonyl (C=O) groups is 2. The lowest BCUT2D eigenvalue weighted by Crippen LogP contribution is -2.44. The number of carbonyl (C=O) groups excluding carboxylic acids is 2. The third-order valence-corrected chi connectivity index (χ3v) is 3.79. The van der Waals surface area contributed by atoms with Crippen molar-refractivity contribution < 1.29 is 19.8 Å². The van der Waals surface area contributed by atoms with E-state index in [1.807, 2.05) is 4.90 Å². The summed E-state index contributed by atoms with van der Waals surface area (Å²) in [5.74, 6) is -0.756. The van der Waals surface area contributed by atoms with Gasteiger partial charge in [0.25, 0.3) is 0 Å². The fourth-order valence-corrected chi connectivity index (χ4v) is 2.61. The average molecular weight is 292 g/mol. The van der Waals surface area contributed by atoms with E-state index in [1.54, 1.807) is 7.05 Å². The smallest absolute Gasteiger partial charge is 0.224 e. The second-order valence-electron chi connectivity index (χ2n) is 5.32. The van der Waals surface area contributed by atoms with Gasteiger partial charge in [-0.2, -0.15) is 0 Å². The van der Waals surface area contributed by atoms with E-state index in [9.17, 15) is 19.8 Å². The van der Waals surface area contributed by atoms with Crippen molar-refractivity contribution in [2.75, 3.05) is 26.7 Å². The van der Waals surface area contributed by atoms with Gasteiger partial charge in [0.05, 0.1) is 12.5 Å². The van der Waals surface area contributed by atoms with Gasteiger partial charge >= 0.3 is 0 Å². The highest BCUT2D eigenvalue weighted by Gasteiger charge is 2.26. The van der Waals surface area contributed by atoms with Gasteiger partial charge in [-0.25, -0.2) is 0 Å². The van der Waals surface area contributed by atoms with Crippen LogP contribution in [-0.4, -0.2) is 53.5 Å². The summed E-state index contributed by atoms with van der Waals surface area (Å²) in [6.45, 7) is 1.55. The number of hydrogen-bond donors (Lipinski definition) is 3. The van der Waals surface area contributed by atoms with Crippen LogP contribution in [0.4, 0.5) is 0 Å². The van der Waals surface area contributed by atoms with Crippen LogP contribution in [0.5, 0.6) is 11.5 Å². The molecular weight excluding hydrogens is 272 g/mol. The first-order valence-corrected chi connectivity index (χ1v) is 7.00. The Kier molecular flexibility index (Phi) is 4.80. The number of Topliss-reactive ketones (excluding diaryl/α,β-unsaturated/α-hetero) is 1. The van der Waals surface area contributed by atoms with Crippen LogP contribution in [0.2, 0.25) is 0 Å². The van der Waals surface area contributed by atoms with Crippen LogP contribution in [0.3, 0.4) is 0 Å². The summed E-state index contributed by atoms with van der Waals surface area (Å²) in [7, 11) is 1.62. The van der Waals surface area contributed by atoms with Gasteiger partial charge < -0.3 is 15.5 Å². The summed E-state index contributed by atoms with van der Waals surface area (Å²) in [6, 6.07) is 4.04. The first-order valence-electron chi connectivity index (χ1n) is 7.00. The molecular formula is C15H20N2O4. The molecule has 0 saturated carbocycles. The largest absolute Gasteiger partial charge is 0.504 e. The molecule has 0 bridgehead atoms. The third-order valence-electron chi connectivity index (χ3n) is 3.79. The van der Waals surface area contributed by atoms with Gasteiger partial charge in [0.2, 0.25) is 5.91 Å². The lowest BCUT2D eigenvalue weighted by Gasteiger charge is -2.31. The maximum absolute atomic E-state index is 12.2. The molecule has 1 unspecified atom stereocenters. The van der Waals surface area contributed by atoms with Crippen molar-refractivity contribution in [3.05, 3.63) is 23.8 Å². The molecule has 1 saturated heterocycles. The zero-order chi connectivity index (χ0) is 15.4. The van der Waals surface area contributed by atoms with Crippen LogP contribution in [0.25, 0.3) is 0 Å². The summed E-state index contributed by atoms with van der Waals surface area (Å²) in [5, 5.41) is 21.3. The molecule has 1 aromatic rings. The number of hydrogen-bond acceptors (Lipinski definition) is 5. The van der Waals surface area contributed by atoms with Gasteiger partial charge in [0, 0.05) is 19.2 Å². The molecule has 0 radical (unpaired) electrons. The molecule has 114 valence electrons. The summed E-state index contributed by atoms with van der Waals surface area (Å²) < 4.78 is 0. The Hall–Kier alpha value is -2.08. The van der Waals surface area contributed by atoms with Crippen LogP contribution in [0.15, 0.2) is 18.2 Å². The molecule has 0 aliphatic carbocycles. The van der Waals surface area contributed by atoms with Crippen molar-refractivity contribution >= 4 is 11.7 Å². The van der Waals surface area contributed by atoms with E-state index >= 15 is 0 Å². The molecule has 1 atom stereocenters. The number of amides is 1. The second kappa shape index (κ2) is 6.58. The molecule has 21 heavy (non-hydrogen) atoms. The number of rotatable bonds is 4. The van der Waals surface area contributed by atoms with Crippen molar-refractivity contribution in [1.29, 1.82) is 0 Å². The molecule has 1 heterocycles. The van der Waals surface area contributed by atoms with Gasteiger partial charge in [-0.3, -0.25) is 14.5 Å². The Balaban J connectivity index is 1.98. The summed E-state index contributed by atoms with van der Waals surface area (Å²) in [4.78, 5) is 25.8. The molecule has 0 spiro atoms. The maximum Gasteiger partial charge on any atom is 0.224 e. The van der Waals surface area contributed by atoms with Gasteiger partial charge in [-0.1, -0.05) is 0 Å². The van der Waals surface area contributed by atoms with Crippen molar-refractivity contribution in [2.24, 2.45) is 5.92 Å². The molecule has 1 aliphatic rings. The molecule has 1 fully saturated rings. The number of nitrogens with zero attached hydrogens (tertiary/aromatic N) is 1. The van der Waals surface area contributed by atoms with E-state index in [2.05, 4.69) is 5.32 Å². The monoisotopic (exact) mass is 292 g/mol. The summed E-state index contributed by atoms with van der Waals surface area (Å²) in [5.41, 5.74) is 0.354. The zero-order valence-corrected chi connectivity index (χ0v) is 12.0. The van der Waals surface area contributed by atoms with E-state index in [1.165, 1.54) is 18.2 Å². The first kappa shape index (κ1) is 15.3. The topological polar surface area (TPSA) is 89.9 Å². The highest BCUT2D eigenvalue weighted by molar-refractivity contribution is 5.98. The zero-order valence-electron chi connectivity index (χ0n) is 12.0. The van der Waals surface area contributed by atoms with Crippen molar-refractivity contribution in [1.82, 2.24) is 10.2 Å². The lowest BCUT2D eigenvalue weighted by molar-refractivity contribution is -0.126.